The van der Waals surface area contributed by atoms with Crippen LogP contribution >= 0.6 is 11.6 Å². The Morgan fingerprint density at radius 2 is 2.18 bits per heavy atom. The molecule has 5 heteroatoms. The first-order valence-electron chi connectivity index (χ1n) is 7.38. The highest BCUT2D eigenvalue weighted by Gasteiger charge is 2.28. The van der Waals surface area contributed by atoms with Gasteiger partial charge in [0, 0.05) is 24.3 Å². The number of aromatic nitrogens is 1. The largest absolute Gasteiger partial charge is 0.354 e. The second-order valence-electron chi connectivity index (χ2n) is 5.70. The summed E-state index contributed by atoms with van der Waals surface area (Å²) in [6.07, 6.45) is 2.55. The van der Waals surface area contributed by atoms with Crippen LogP contribution in [0.1, 0.15) is 19.4 Å². The Balaban J connectivity index is 1.97. The van der Waals surface area contributed by atoms with Crippen molar-refractivity contribution in [3.05, 3.63) is 47.2 Å². The second-order valence-corrected chi connectivity index (χ2v) is 6.09. The molecule has 114 valence electrons. The predicted octanol–water partition coefficient (Wildman–Crippen LogP) is 4.02. The van der Waals surface area contributed by atoms with E-state index >= 15 is 0 Å². The Morgan fingerprint density at radius 1 is 1.36 bits per heavy atom. The van der Waals surface area contributed by atoms with E-state index in [9.17, 15) is 4.79 Å². The molecule has 0 fully saturated rings. The summed E-state index contributed by atoms with van der Waals surface area (Å²) in [5.74, 6) is 0.134. The number of benzene rings is 1. The van der Waals surface area contributed by atoms with Gasteiger partial charge in [-0.1, -0.05) is 37.6 Å². The zero-order chi connectivity index (χ0) is 15.7. The van der Waals surface area contributed by atoms with E-state index in [1.165, 1.54) is 5.56 Å². The third-order valence-electron chi connectivity index (χ3n) is 3.76. The summed E-state index contributed by atoms with van der Waals surface area (Å²) in [6.45, 7) is 4.60. The van der Waals surface area contributed by atoms with Crippen LogP contribution in [0.4, 0.5) is 17.1 Å². The first-order chi connectivity index (χ1) is 10.6. The smallest absolute Gasteiger partial charge is 0.229 e. The lowest BCUT2D eigenvalue weighted by atomic mass is 10.1. The number of rotatable bonds is 3. The number of hydrogen-bond donors (Lipinski definition) is 1. The van der Waals surface area contributed by atoms with Crippen molar-refractivity contribution in [1.29, 1.82) is 0 Å². The van der Waals surface area contributed by atoms with Crippen molar-refractivity contribution in [2.45, 2.75) is 20.3 Å². The molecule has 0 atom stereocenters. The molecule has 0 saturated heterocycles. The maximum Gasteiger partial charge on any atom is 0.229 e. The van der Waals surface area contributed by atoms with Gasteiger partial charge in [-0.15, -0.1) is 0 Å². The number of carbonyl (C=O) groups is 1. The van der Waals surface area contributed by atoms with Crippen LogP contribution in [0.2, 0.25) is 5.15 Å². The molecule has 0 bridgehead atoms. The topological polar surface area (TPSA) is 45.2 Å². The number of pyridine rings is 1. The van der Waals surface area contributed by atoms with Gasteiger partial charge in [0.2, 0.25) is 5.91 Å². The average Bonchev–Trinajstić information content (AvgIpc) is 2.91. The number of amides is 1. The summed E-state index contributed by atoms with van der Waals surface area (Å²) in [4.78, 5) is 18.3. The number of nitrogens with zero attached hydrogens (tertiary/aromatic N) is 2. The molecular formula is C17H18ClN3O. The molecule has 0 spiro atoms. The average molecular weight is 316 g/mol. The van der Waals surface area contributed by atoms with E-state index in [2.05, 4.69) is 16.4 Å². The summed E-state index contributed by atoms with van der Waals surface area (Å²) < 4.78 is 0. The van der Waals surface area contributed by atoms with Crippen LogP contribution in [0.25, 0.3) is 0 Å². The summed E-state index contributed by atoms with van der Waals surface area (Å²) in [6, 6.07) is 9.69. The van der Waals surface area contributed by atoms with Gasteiger partial charge in [-0.3, -0.25) is 4.79 Å². The lowest BCUT2D eigenvalue weighted by Gasteiger charge is -2.22. The van der Waals surface area contributed by atoms with Crippen LogP contribution in [-0.4, -0.2) is 17.4 Å². The fourth-order valence-electron chi connectivity index (χ4n) is 2.72. The molecule has 0 saturated carbocycles. The molecule has 1 aliphatic heterocycles. The molecule has 0 radical (unpaired) electrons. The number of halogens is 1. The lowest BCUT2D eigenvalue weighted by Crippen LogP contribution is -2.32. The molecule has 2 heterocycles. The first-order valence-corrected chi connectivity index (χ1v) is 7.76. The van der Waals surface area contributed by atoms with Crippen molar-refractivity contribution in [3.63, 3.8) is 0 Å². The van der Waals surface area contributed by atoms with E-state index in [4.69, 9.17) is 11.6 Å². The van der Waals surface area contributed by atoms with Crippen LogP contribution in [-0.2, 0) is 11.2 Å². The maximum absolute atomic E-state index is 12.4. The fraction of sp³-hybridized carbons (Fsp3) is 0.294. The van der Waals surface area contributed by atoms with Gasteiger partial charge in [0.25, 0.3) is 0 Å². The minimum atomic E-state index is -0.0191. The highest BCUT2D eigenvalue weighted by molar-refractivity contribution is 6.29. The number of anilines is 3. The number of para-hydroxylation sites is 1. The van der Waals surface area contributed by atoms with Crippen molar-refractivity contribution in [2.75, 3.05) is 16.8 Å². The third-order valence-corrected chi connectivity index (χ3v) is 3.97. The minimum Gasteiger partial charge on any atom is -0.354 e. The van der Waals surface area contributed by atoms with E-state index in [1.807, 2.05) is 36.9 Å². The van der Waals surface area contributed by atoms with Gasteiger partial charge in [0.05, 0.1) is 11.4 Å². The van der Waals surface area contributed by atoms with Gasteiger partial charge in [-0.05, 0) is 30.2 Å². The molecule has 1 aromatic heterocycles. The van der Waals surface area contributed by atoms with Gasteiger partial charge in [-0.2, -0.15) is 0 Å². The highest BCUT2D eigenvalue weighted by Crippen LogP contribution is 2.37. The molecule has 3 rings (SSSR count). The minimum absolute atomic E-state index is 0.0191. The van der Waals surface area contributed by atoms with Crippen molar-refractivity contribution in [3.8, 4) is 0 Å². The number of fused-ring (bicyclic) bond motifs is 1. The van der Waals surface area contributed by atoms with Crippen molar-refractivity contribution in [2.24, 2.45) is 5.92 Å². The van der Waals surface area contributed by atoms with E-state index in [1.54, 1.807) is 12.3 Å². The Bertz CT molecular complexity index is 715. The van der Waals surface area contributed by atoms with Gasteiger partial charge in [0.15, 0.2) is 0 Å². The molecule has 4 nitrogen and oxygen atoms in total. The first kappa shape index (κ1) is 14.9. The highest BCUT2D eigenvalue weighted by atomic mass is 35.5. The van der Waals surface area contributed by atoms with Gasteiger partial charge in [-0.25, -0.2) is 4.98 Å². The normalized spacial score (nSPS) is 13.4. The monoisotopic (exact) mass is 315 g/mol. The zero-order valence-electron chi connectivity index (χ0n) is 12.6. The maximum atomic E-state index is 12.4. The number of nitrogens with one attached hydrogen (secondary N) is 1. The Labute approximate surface area is 135 Å². The van der Waals surface area contributed by atoms with Gasteiger partial charge < -0.3 is 10.2 Å². The summed E-state index contributed by atoms with van der Waals surface area (Å²) >= 11 is 5.93. The van der Waals surface area contributed by atoms with E-state index in [0.29, 0.717) is 5.15 Å². The summed E-state index contributed by atoms with van der Waals surface area (Å²) in [5, 5.41) is 3.79. The third kappa shape index (κ3) is 2.79. The predicted molar refractivity (Wildman–Crippen MR) is 89.9 cm³/mol. The van der Waals surface area contributed by atoms with Crippen LogP contribution < -0.4 is 10.2 Å². The van der Waals surface area contributed by atoms with Gasteiger partial charge in [0.1, 0.15) is 5.15 Å². The van der Waals surface area contributed by atoms with Crippen molar-refractivity contribution >= 4 is 34.6 Å². The van der Waals surface area contributed by atoms with Crippen molar-refractivity contribution < 1.29 is 4.79 Å². The van der Waals surface area contributed by atoms with Crippen LogP contribution in [0.3, 0.4) is 0 Å². The Morgan fingerprint density at radius 3 is 2.91 bits per heavy atom. The zero-order valence-corrected chi connectivity index (χ0v) is 13.4. The molecule has 1 aromatic carbocycles. The summed E-state index contributed by atoms with van der Waals surface area (Å²) in [7, 11) is 0. The summed E-state index contributed by atoms with van der Waals surface area (Å²) in [5.41, 5.74) is 3.96. The molecular weight excluding hydrogens is 298 g/mol. The number of hydrogen-bond acceptors (Lipinski definition) is 3. The van der Waals surface area contributed by atoms with Crippen LogP contribution in [0.5, 0.6) is 0 Å². The molecule has 1 amide bonds. The van der Waals surface area contributed by atoms with E-state index < -0.39 is 0 Å². The Hall–Kier alpha value is -2.07. The molecule has 0 aliphatic carbocycles. The molecule has 1 N–H and O–H groups in total. The fourth-order valence-corrected chi connectivity index (χ4v) is 2.90. The molecule has 1 aliphatic rings. The Kier molecular flexibility index (Phi) is 4.03. The van der Waals surface area contributed by atoms with Crippen LogP contribution in [0, 0.1) is 5.92 Å². The number of carbonyl (C=O) groups excluding carboxylic acids is 1. The molecule has 22 heavy (non-hydrogen) atoms. The van der Waals surface area contributed by atoms with E-state index in [-0.39, 0.29) is 11.8 Å². The van der Waals surface area contributed by atoms with Crippen LogP contribution in [0.15, 0.2) is 36.5 Å². The van der Waals surface area contributed by atoms with Gasteiger partial charge >= 0.3 is 0 Å². The second kappa shape index (κ2) is 5.97. The SMILES string of the molecule is CC(C)C(=O)N1CCc2cccc(Nc3ccnc(Cl)c3)c21. The molecule has 2 aromatic rings. The molecule has 0 unspecified atom stereocenters. The quantitative estimate of drug-likeness (QED) is 0.870. The van der Waals surface area contributed by atoms with Crippen molar-refractivity contribution in [1.82, 2.24) is 4.98 Å². The standard InChI is InChI=1S/C17H18ClN3O/c1-11(2)17(22)21-9-7-12-4-3-5-14(16(12)21)20-13-6-8-19-15(18)10-13/h3-6,8,10-11H,7,9H2,1-2H3,(H,19,20). The lowest BCUT2D eigenvalue weighted by molar-refractivity contribution is -0.121. The van der Waals surface area contributed by atoms with E-state index in [0.717, 1.165) is 30.0 Å².